The number of pyridine rings is 1. The third-order valence-corrected chi connectivity index (χ3v) is 3.23. The molecule has 1 aromatic heterocycles. The molecule has 3 nitrogen and oxygen atoms in total. The summed E-state index contributed by atoms with van der Waals surface area (Å²) in [5.74, 6) is -1.27. The molecule has 0 saturated carbocycles. The molecule has 0 amide bonds. The molecule has 0 atom stereocenters. The van der Waals surface area contributed by atoms with E-state index in [1.807, 2.05) is 12.1 Å². The fourth-order valence-corrected chi connectivity index (χ4v) is 2.11. The molecule has 1 heterocycles. The number of hydrogen-bond donors (Lipinski definition) is 0. The number of aromatic nitrogens is 1. The van der Waals surface area contributed by atoms with Gasteiger partial charge in [-0.25, -0.2) is 0 Å². The molecular weight excluding hydrogens is 281 g/mol. The van der Waals surface area contributed by atoms with Gasteiger partial charge in [0.05, 0.1) is 11.7 Å². The number of halogens is 1. The first-order chi connectivity index (χ1) is 8.15. The zero-order chi connectivity index (χ0) is 12.3. The van der Waals surface area contributed by atoms with Gasteiger partial charge in [0.2, 0.25) is 0 Å². The second-order valence-electron chi connectivity index (χ2n) is 3.22. The molecule has 0 aliphatic carbocycles. The zero-order valence-electron chi connectivity index (χ0n) is 9.59. The molecule has 2 rings (SSSR count). The number of rotatable bonds is 3. The van der Waals surface area contributed by atoms with Crippen LogP contribution in [0.1, 0.15) is 10.5 Å². The van der Waals surface area contributed by atoms with Crippen LogP contribution in [0, 0.1) is 0 Å². The SMILES string of the molecule is O=C([O-])c1ccc(Sc2ccc(Cl)cc2)cn1.[Na+]. The summed E-state index contributed by atoms with van der Waals surface area (Å²) >= 11 is 7.26. The number of benzene rings is 1. The van der Waals surface area contributed by atoms with E-state index in [2.05, 4.69) is 4.98 Å². The molecule has 0 spiro atoms. The quantitative estimate of drug-likeness (QED) is 0.698. The van der Waals surface area contributed by atoms with Crippen molar-refractivity contribution < 1.29 is 39.5 Å². The van der Waals surface area contributed by atoms with E-state index in [9.17, 15) is 9.90 Å². The van der Waals surface area contributed by atoms with Crippen molar-refractivity contribution in [2.24, 2.45) is 0 Å². The van der Waals surface area contributed by atoms with Crippen LogP contribution in [0.5, 0.6) is 0 Å². The number of nitrogens with zero attached hydrogens (tertiary/aromatic N) is 1. The van der Waals surface area contributed by atoms with Gasteiger partial charge in [-0.1, -0.05) is 23.4 Å². The fraction of sp³-hybridized carbons (Fsp3) is 0. The average Bonchev–Trinajstić information content (AvgIpc) is 2.33. The molecule has 1 aromatic carbocycles. The number of carboxylic acids is 1. The summed E-state index contributed by atoms with van der Waals surface area (Å²) in [6.45, 7) is 0. The van der Waals surface area contributed by atoms with E-state index in [0.717, 1.165) is 9.79 Å². The van der Waals surface area contributed by atoms with Crippen molar-refractivity contribution in [3.8, 4) is 0 Å². The van der Waals surface area contributed by atoms with Gasteiger partial charge in [-0.3, -0.25) is 4.98 Å². The van der Waals surface area contributed by atoms with Crippen molar-refractivity contribution in [2.75, 3.05) is 0 Å². The zero-order valence-corrected chi connectivity index (χ0v) is 13.2. The Balaban J connectivity index is 0.00000162. The van der Waals surface area contributed by atoms with Gasteiger partial charge in [0.1, 0.15) is 0 Å². The number of carbonyl (C=O) groups is 1. The van der Waals surface area contributed by atoms with Gasteiger partial charge < -0.3 is 9.90 Å². The predicted octanol–water partition coefficient (Wildman–Crippen LogP) is -0.746. The molecule has 0 bridgehead atoms. The number of aromatic carboxylic acids is 1. The first kappa shape index (κ1) is 15.5. The predicted molar refractivity (Wildman–Crippen MR) is 64.1 cm³/mol. The van der Waals surface area contributed by atoms with E-state index < -0.39 is 5.97 Å². The van der Waals surface area contributed by atoms with Crippen LogP contribution in [0.25, 0.3) is 0 Å². The molecule has 0 radical (unpaired) electrons. The Labute approximate surface area is 136 Å². The van der Waals surface area contributed by atoms with Crippen molar-refractivity contribution in [3.63, 3.8) is 0 Å². The summed E-state index contributed by atoms with van der Waals surface area (Å²) in [7, 11) is 0. The molecule has 18 heavy (non-hydrogen) atoms. The van der Waals surface area contributed by atoms with E-state index in [-0.39, 0.29) is 35.3 Å². The van der Waals surface area contributed by atoms with Gasteiger partial charge in [-0.15, -0.1) is 0 Å². The van der Waals surface area contributed by atoms with Crippen LogP contribution in [-0.2, 0) is 0 Å². The van der Waals surface area contributed by atoms with Crippen molar-refractivity contribution in [1.29, 1.82) is 0 Å². The van der Waals surface area contributed by atoms with Crippen LogP contribution in [0.2, 0.25) is 5.02 Å². The number of hydrogen-bond acceptors (Lipinski definition) is 4. The second-order valence-corrected chi connectivity index (χ2v) is 4.81. The molecule has 86 valence electrons. The molecule has 0 aliphatic rings. The first-order valence-corrected chi connectivity index (χ1v) is 5.95. The van der Waals surface area contributed by atoms with Crippen LogP contribution in [0.15, 0.2) is 52.4 Å². The van der Waals surface area contributed by atoms with Crippen molar-refractivity contribution >= 4 is 29.3 Å². The van der Waals surface area contributed by atoms with E-state index in [1.54, 1.807) is 18.2 Å². The Kier molecular flexibility index (Phi) is 6.18. The van der Waals surface area contributed by atoms with Crippen molar-refractivity contribution in [3.05, 3.63) is 53.3 Å². The monoisotopic (exact) mass is 287 g/mol. The molecule has 0 unspecified atom stereocenters. The van der Waals surface area contributed by atoms with Gasteiger partial charge in [0.25, 0.3) is 0 Å². The maximum atomic E-state index is 10.5. The summed E-state index contributed by atoms with van der Waals surface area (Å²) in [5.41, 5.74) is -0.0644. The second kappa shape index (κ2) is 7.16. The van der Waals surface area contributed by atoms with E-state index in [4.69, 9.17) is 11.6 Å². The molecule has 0 aliphatic heterocycles. The molecule has 0 fully saturated rings. The number of carboxylic acid groups (broad SMARTS) is 1. The minimum atomic E-state index is -1.27. The fourth-order valence-electron chi connectivity index (χ4n) is 1.20. The largest absolute Gasteiger partial charge is 1.00 e. The van der Waals surface area contributed by atoms with Crippen LogP contribution < -0.4 is 34.7 Å². The third kappa shape index (κ3) is 4.30. The average molecular weight is 288 g/mol. The molecular formula is C12H7ClNNaO2S. The summed E-state index contributed by atoms with van der Waals surface area (Å²) in [5, 5.41) is 11.2. The minimum Gasteiger partial charge on any atom is -0.543 e. The summed E-state index contributed by atoms with van der Waals surface area (Å²) in [6, 6.07) is 10.5. The van der Waals surface area contributed by atoms with E-state index in [0.29, 0.717) is 5.02 Å². The van der Waals surface area contributed by atoms with Gasteiger partial charge in [-0.2, -0.15) is 0 Å². The Hall–Kier alpha value is -0.520. The van der Waals surface area contributed by atoms with Crippen molar-refractivity contribution in [1.82, 2.24) is 4.98 Å². The minimum absolute atomic E-state index is 0. The maximum Gasteiger partial charge on any atom is 1.00 e. The van der Waals surface area contributed by atoms with Gasteiger partial charge >= 0.3 is 29.6 Å². The van der Waals surface area contributed by atoms with Gasteiger partial charge in [0, 0.05) is 21.0 Å². The Morgan fingerprint density at radius 2 is 1.72 bits per heavy atom. The van der Waals surface area contributed by atoms with Crippen LogP contribution in [0.3, 0.4) is 0 Å². The topological polar surface area (TPSA) is 53.0 Å². The molecule has 2 aromatic rings. The van der Waals surface area contributed by atoms with Gasteiger partial charge in [0.15, 0.2) is 0 Å². The summed E-state index contributed by atoms with van der Waals surface area (Å²) < 4.78 is 0. The molecule has 0 N–H and O–H groups in total. The summed E-state index contributed by atoms with van der Waals surface area (Å²) in [6.07, 6.45) is 1.50. The number of carbonyl (C=O) groups excluding carboxylic acids is 1. The molecule has 0 saturated heterocycles. The summed E-state index contributed by atoms with van der Waals surface area (Å²) in [4.78, 5) is 16.2. The normalized spacial score (nSPS) is 9.61. The Morgan fingerprint density at radius 3 is 2.22 bits per heavy atom. The first-order valence-electron chi connectivity index (χ1n) is 4.76. The Morgan fingerprint density at radius 1 is 1.11 bits per heavy atom. The smallest absolute Gasteiger partial charge is 0.543 e. The van der Waals surface area contributed by atoms with E-state index in [1.165, 1.54) is 24.0 Å². The van der Waals surface area contributed by atoms with E-state index >= 15 is 0 Å². The third-order valence-electron chi connectivity index (χ3n) is 1.99. The van der Waals surface area contributed by atoms with Crippen LogP contribution in [-0.4, -0.2) is 11.0 Å². The Bertz CT molecular complexity index is 531. The van der Waals surface area contributed by atoms with Gasteiger partial charge in [-0.05, 0) is 36.4 Å². The van der Waals surface area contributed by atoms with Crippen LogP contribution >= 0.6 is 23.4 Å². The maximum absolute atomic E-state index is 10.5. The molecule has 6 heteroatoms. The standard InChI is InChI=1S/C12H8ClNO2S.Na/c13-8-1-3-9(4-2-8)17-10-5-6-11(12(15)16)14-7-10;/h1-7H,(H,15,16);/q;+1/p-1. The van der Waals surface area contributed by atoms with Crippen molar-refractivity contribution in [2.45, 2.75) is 9.79 Å². The van der Waals surface area contributed by atoms with Crippen LogP contribution in [0.4, 0.5) is 0 Å².